The monoisotopic (exact) mass is 315 g/mol. The van der Waals surface area contributed by atoms with Gasteiger partial charge in [0, 0.05) is 18.2 Å². The third kappa shape index (κ3) is 3.61. The Hall–Kier alpha value is -1.01. The van der Waals surface area contributed by atoms with Gasteiger partial charge in [0.1, 0.15) is 11.5 Å². The number of halogens is 1. The summed E-state index contributed by atoms with van der Waals surface area (Å²) in [7, 11) is 3.20. The Bertz CT molecular complexity index is 483. The van der Waals surface area contributed by atoms with Crippen molar-refractivity contribution in [1.29, 1.82) is 0 Å². The lowest BCUT2D eigenvalue weighted by Crippen LogP contribution is -2.42. The van der Waals surface area contributed by atoms with Crippen LogP contribution in [0.2, 0.25) is 5.02 Å². The second kappa shape index (κ2) is 7.31. The number of aliphatic hydroxyl groups excluding tert-OH is 1. The Morgan fingerprint density at radius 2 is 2.00 bits per heavy atom. The molecule has 1 aliphatic rings. The first-order valence-corrected chi connectivity index (χ1v) is 7.38. The van der Waals surface area contributed by atoms with Gasteiger partial charge in [-0.2, -0.15) is 0 Å². The minimum atomic E-state index is -0.454. The Balaban J connectivity index is 2.22. The number of hydrogen-bond acceptors (Lipinski definition) is 5. The van der Waals surface area contributed by atoms with Crippen molar-refractivity contribution < 1.29 is 19.3 Å². The van der Waals surface area contributed by atoms with Gasteiger partial charge in [-0.05, 0) is 12.6 Å². The van der Waals surface area contributed by atoms with Crippen LogP contribution in [-0.4, -0.2) is 56.1 Å². The number of likely N-dealkylation sites (N-methyl/N-ethyl adjacent to an activating group) is 1. The molecule has 1 fully saturated rings. The van der Waals surface area contributed by atoms with Crippen molar-refractivity contribution in [3.63, 3.8) is 0 Å². The molecule has 1 saturated heterocycles. The summed E-state index contributed by atoms with van der Waals surface area (Å²) in [5.74, 6) is 1.31. The molecule has 0 bridgehead atoms. The van der Waals surface area contributed by atoms with Crippen molar-refractivity contribution in [3.8, 4) is 11.5 Å². The van der Waals surface area contributed by atoms with Gasteiger partial charge in [0.2, 0.25) is 0 Å². The number of benzene rings is 1. The molecule has 1 aliphatic heterocycles. The van der Waals surface area contributed by atoms with Crippen molar-refractivity contribution in [2.75, 3.05) is 34.0 Å². The summed E-state index contributed by atoms with van der Waals surface area (Å²) in [6.07, 6.45) is -0.454. The summed E-state index contributed by atoms with van der Waals surface area (Å²) in [5.41, 5.74) is 0.962. The lowest BCUT2D eigenvalue weighted by atomic mass is 10.1. The lowest BCUT2D eigenvalue weighted by molar-refractivity contribution is 0.0803. The zero-order valence-electron chi connectivity index (χ0n) is 12.6. The van der Waals surface area contributed by atoms with Crippen molar-refractivity contribution in [2.45, 2.75) is 25.6 Å². The molecule has 6 heteroatoms. The molecule has 0 aliphatic carbocycles. The zero-order valence-corrected chi connectivity index (χ0v) is 13.4. The molecule has 1 heterocycles. The first-order chi connectivity index (χ1) is 10.1. The summed E-state index contributed by atoms with van der Waals surface area (Å²) >= 11 is 6.20. The van der Waals surface area contributed by atoms with Crippen LogP contribution in [0.3, 0.4) is 0 Å². The molecule has 0 radical (unpaired) electrons. The van der Waals surface area contributed by atoms with Gasteiger partial charge in [0.25, 0.3) is 0 Å². The lowest BCUT2D eigenvalue weighted by Gasteiger charge is -2.29. The highest BCUT2D eigenvalue weighted by molar-refractivity contribution is 6.32. The summed E-state index contributed by atoms with van der Waals surface area (Å²) in [4.78, 5) is 2.17. The minimum Gasteiger partial charge on any atom is -0.496 e. The zero-order chi connectivity index (χ0) is 15.4. The highest BCUT2D eigenvalue weighted by Gasteiger charge is 2.31. The van der Waals surface area contributed by atoms with Gasteiger partial charge in [-0.25, -0.2) is 0 Å². The van der Waals surface area contributed by atoms with Gasteiger partial charge in [-0.15, -0.1) is 0 Å². The normalized spacial score (nSPS) is 21.8. The highest BCUT2D eigenvalue weighted by atomic mass is 35.5. The van der Waals surface area contributed by atoms with Crippen LogP contribution in [0.5, 0.6) is 11.5 Å². The molecule has 118 valence electrons. The summed E-state index contributed by atoms with van der Waals surface area (Å²) in [6.45, 7) is 4.43. The van der Waals surface area contributed by atoms with E-state index in [0.29, 0.717) is 30.5 Å². The van der Waals surface area contributed by atoms with E-state index < -0.39 is 6.10 Å². The van der Waals surface area contributed by atoms with E-state index in [1.165, 1.54) is 0 Å². The quantitative estimate of drug-likeness (QED) is 0.869. The predicted octanol–water partition coefficient (Wildman–Crippen LogP) is 1.94. The van der Waals surface area contributed by atoms with Crippen LogP contribution in [-0.2, 0) is 11.3 Å². The number of aliphatic hydroxyl groups is 1. The van der Waals surface area contributed by atoms with Crippen LogP contribution in [0.1, 0.15) is 12.5 Å². The fraction of sp³-hybridized carbons (Fsp3) is 0.600. The molecular weight excluding hydrogens is 294 g/mol. The van der Waals surface area contributed by atoms with Crippen molar-refractivity contribution in [1.82, 2.24) is 4.90 Å². The van der Waals surface area contributed by atoms with Crippen LogP contribution in [0.25, 0.3) is 0 Å². The van der Waals surface area contributed by atoms with Crippen molar-refractivity contribution >= 4 is 11.6 Å². The van der Waals surface area contributed by atoms with E-state index in [4.69, 9.17) is 25.8 Å². The molecule has 5 nitrogen and oxygen atoms in total. The molecule has 2 atom stereocenters. The molecule has 1 aromatic rings. The SMILES string of the molecule is CCN(Cc1cc(Cl)c(OC)cc1OC)[C@@H]1COC[C@H]1O. The van der Waals surface area contributed by atoms with Crippen LogP contribution < -0.4 is 9.47 Å². The summed E-state index contributed by atoms with van der Waals surface area (Å²) in [6, 6.07) is 3.64. The van der Waals surface area contributed by atoms with Gasteiger partial charge >= 0.3 is 0 Å². The van der Waals surface area contributed by atoms with Gasteiger partial charge in [-0.1, -0.05) is 18.5 Å². The average Bonchev–Trinajstić information content (AvgIpc) is 2.91. The second-order valence-corrected chi connectivity index (χ2v) is 5.44. The molecule has 0 amide bonds. The van der Waals surface area contributed by atoms with Gasteiger partial charge in [0.05, 0.1) is 44.6 Å². The molecule has 1 N–H and O–H groups in total. The van der Waals surface area contributed by atoms with Crippen LogP contribution >= 0.6 is 11.6 Å². The number of ether oxygens (including phenoxy) is 3. The third-order valence-electron chi connectivity index (χ3n) is 3.82. The third-order valence-corrected chi connectivity index (χ3v) is 4.12. The Morgan fingerprint density at radius 3 is 2.52 bits per heavy atom. The molecule has 0 spiro atoms. The first-order valence-electron chi connectivity index (χ1n) is 7.01. The first kappa shape index (κ1) is 16.4. The number of nitrogens with zero attached hydrogens (tertiary/aromatic N) is 1. The van der Waals surface area contributed by atoms with E-state index in [9.17, 15) is 5.11 Å². The second-order valence-electron chi connectivity index (χ2n) is 5.03. The highest BCUT2D eigenvalue weighted by Crippen LogP contribution is 2.33. The molecule has 1 aromatic carbocycles. The number of rotatable bonds is 6. The largest absolute Gasteiger partial charge is 0.496 e. The Morgan fingerprint density at radius 1 is 1.29 bits per heavy atom. The maximum atomic E-state index is 9.99. The standard InChI is InChI=1S/C15H22ClNO4/c1-4-17(12-8-21-9-13(12)18)7-10-5-11(16)15(20-3)6-14(10)19-2/h5-6,12-13,18H,4,7-9H2,1-3H3/t12-,13-/m1/s1. The molecule has 0 unspecified atom stereocenters. The maximum absolute atomic E-state index is 9.99. The Labute approximate surface area is 130 Å². The molecular formula is C15H22ClNO4. The van der Waals surface area contributed by atoms with E-state index >= 15 is 0 Å². The number of hydrogen-bond donors (Lipinski definition) is 1. The van der Waals surface area contributed by atoms with Gasteiger partial charge < -0.3 is 19.3 Å². The maximum Gasteiger partial charge on any atom is 0.141 e. The number of methoxy groups -OCH3 is 2. The van der Waals surface area contributed by atoms with Gasteiger partial charge in [-0.3, -0.25) is 4.90 Å². The molecule has 2 rings (SSSR count). The van der Waals surface area contributed by atoms with E-state index in [1.54, 1.807) is 20.3 Å². The smallest absolute Gasteiger partial charge is 0.141 e. The van der Waals surface area contributed by atoms with E-state index in [-0.39, 0.29) is 6.04 Å². The van der Waals surface area contributed by atoms with E-state index in [2.05, 4.69) is 11.8 Å². The Kier molecular flexibility index (Phi) is 5.70. The predicted molar refractivity (Wildman–Crippen MR) is 81.3 cm³/mol. The van der Waals surface area contributed by atoms with Crippen LogP contribution in [0.4, 0.5) is 0 Å². The minimum absolute atomic E-state index is 0.000540. The van der Waals surface area contributed by atoms with E-state index in [1.807, 2.05) is 6.07 Å². The fourth-order valence-electron chi connectivity index (χ4n) is 2.61. The van der Waals surface area contributed by atoms with Crippen molar-refractivity contribution in [3.05, 3.63) is 22.7 Å². The molecule has 0 aromatic heterocycles. The summed E-state index contributed by atoms with van der Waals surface area (Å²) < 4.78 is 16.0. The fourth-order valence-corrected chi connectivity index (χ4v) is 2.87. The van der Waals surface area contributed by atoms with E-state index in [0.717, 1.165) is 17.9 Å². The average molecular weight is 316 g/mol. The van der Waals surface area contributed by atoms with Crippen LogP contribution in [0.15, 0.2) is 12.1 Å². The topological polar surface area (TPSA) is 51.2 Å². The van der Waals surface area contributed by atoms with Crippen LogP contribution in [0, 0.1) is 0 Å². The van der Waals surface area contributed by atoms with Gasteiger partial charge in [0.15, 0.2) is 0 Å². The summed E-state index contributed by atoms with van der Waals surface area (Å²) in [5, 5.41) is 10.5. The molecule has 0 saturated carbocycles. The van der Waals surface area contributed by atoms with Crippen molar-refractivity contribution in [2.24, 2.45) is 0 Å². The molecule has 21 heavy (non-hydrogen) atoms.